The SMILES string of the molecule is CCC(N)CCNc1ncnc2ccsc12. The fraction of sp³-hybridized carbons (Fsp3) is 0.455. The summed E-state index contributed by atoms with van der Waals surface area (Å²) in [5.41, 5.74) is 6.86. The minimum Gasteiger partial charge on any atom is -0.369 e. The third-order valence-electron chi connectivity index (χ3n) is 2.58. The molecule has 0 radical (unpaired) electrons. The summed E-state index contributed by atoms with van der Waals surface area (Å²) in [6, 6.07) is 2.28. The van der Waals surface area contributed by atoms with E-state index in [-0.39, 0.29) is 6.04 Å². The molecule has 0 spiro atoms. The van der Waals surface area contributed by atoms with E-state index >= 15 is 0 Å². The molecular weight excluding hydrogens is 220 g/mol. The highest BCUT2D eigenvalue weighted by molar-refractivity contribution is 7.17. The van der Waals surface area contributed by atoms with E-state index < -0.39 is 0 Å². The molecule has 1 unspecified atom stereocenters. The second kappa shape index (κ2) is 5.23. The monoisotopic (exact) mass is 236 g/mol. The topological polar surface area (TPSA) is 63.8 Å². The molecular formula is C11H16N4S. The van der Waals surface area contributed by atoms with Crippen molar-refractivity contribution in [3.63, 3.8) is 0 Å². The molecule has 0 aliphatic carbocycles. The van der Waals surface area contributed by atoms with Crippen LogP contribution in [0.5, 0.6) is 0 Å². The van der Waals surface area contributed by atoms with Gasteiger partial charge in [0.05, 0.1) is 10.2 Å². The van der Waals surface area contributed by atoms with Crippen LogP contribution in [0, 0.1) is 0 Å². The Morgan fingerprint density at radius 1 is 1.50 bits per heavy atom. The van der Waals surface area contributed by atoms with Gasteiger partial charge in [-0.25, -0.2) is 9.97 Å². The van der Waals surface area contributed by atoms with Crippen molar-refractivity contribution in [2.24, 2.45) is 5.73 Å². The molecule has 5 heteroatoms. The van der Waals surface area contributed by atoms with Crippen molar-refractivity contribution < 1.29 is 0 Å². The van der Waals surface area contributed by atoms with Gasteiger partial charge in [-0.15, -0.1) is 11.3 Å². The van der Waals surface area contributed by atoms with Gasteiger partial charge in [0, 0.05) is 12.6 Å². The molecule has 4 nitrogen and oxygen atoms in total. The van der Waals surface area contributed by atoms with Crippen LogP contribution in [0.25, 0.3) is 10.2 Å². The molecule has 2 heterocycles. The standard InChI is InChI=1S/C11H16N4S/c1-2-8(12)3-5-13-11-10-9(4-6-16-10)14-7-15-11/h4,6-8H,2-3,5,12H2,1H3,(H,13,14,15). The first-order chi connectivity index (χ1) is 7.81. The Morgan fingerprint density at radius 3 is 3.19 bits per heavy atom. The normalized spacial score (nSPS) is 12.9. The highest BCUT2D eigenvalue weighted by Gasteiger charge is 2.04. The van der Waals surface area contributed by atoms with Crippen LogP contribution in [0.15, 0.2) is 17.8 Å². The number of fused-ring (bicyclic) bond motifs is 1. The summed E-state index contributed by atoms with van der Waals surface area (Å²) >= 11 is 1.66. The second-order valence-electron chi connectivity index (χ2n) is 3.74. The number of nitrogens with two attached hydrogens (primary N) is 1. The number of hydrogen-bond donors (Lipinski definition) is 2. The molecule has 2 rings (SSSR count). The highest BCUT2D eigenvalue weighted by atomic mass is 32.1. The Bertz CT molecular complexity index is 454. The molecule has 16 heavy (non-hydrogen) atoms. The molecule has 0 aliphatic heterocycles. The zero-order valence-electron chi connectivity index (χ0n) is 9.31. The molecule has 0 saturated heterocycles. The average molecular weight is 236 g/mol. The van der Waals surface area contributed by atoms with Crippen molar-refractivity contribution in [2.75, 3.05) is 11.9 Å². The minimum absolute atomic E-state index is 0.271. The van der Waals surface area contributed by atoms with Crippen molar-refractivity contribution in [3.8, 4) is 0 Å². The number of thiophene rings is 1. The maximum absolute atomic E-state index is 5.86. The third-order valence-corrected chi connectivity index (χ3v) is 3.49. The van der Waals surface area contributed by atoms with Crippen LogP contribution in [-0.4, -0.2) is 22.6 Å². The molecule has 2 aromatic rings. The summed E-state index contributed by atoms with van der Waals surface area (Å²) in [4.78, 5) is 8.44. The fourth-order valence-corrected chi connectivity index (χ4v) is 2.31. The van der Waals surface area contributed by atoms with Crippen LogP contribution < -0.4 is 11.1 Å². The fourth-order valence-electron chi connectivity index (χ4n) is 1.49. The van der Waals surface area contributed by atoms with E-state index in [2.05, 4.69) is 22.2 Å². The molecule has 0 amide bonds. The number of nitrogens with one attached hydrogen (secondary N) is 1. The van der Waals surface area contributed by atoms with Gasteiger partial charge in [-0.1, -0.05) is 6.92 Å². The molecule has 0 aromatic carbocycles. The molecule has 0 saturated carbocycles. The lowest BCUT2D eigenvalue weighted by Gasteiger charge is -2.10. The molecule has 3 N–H and O–H groups in total. The predicted octanol–water partition coefficient (Wildman–Crippen LogP) is 2.23. The van der Waals surface area contributed by atoms with Gasteiger partial charge in [0.1, 0.15) is 12.1 Å². The number of hydrogen-bond acceptors (Lipinski definition) is 5. The molecule has 0 aliphatic rings. The van der Waals surface area contributed by atoms with Crippen LogP contribution >= 0.6 is 11.3 Å². The van der Waals surface area contributed by atoms with Gasteiger partial charge >= 0.3 is 0 Å². The van der Waals surface area contributed by atoms with Crippen LogP contribution in [0.1, 0.15) is 19.8 Å². The first-order valence-corrected chi connectivity index (χ1v) is 6.37. The third kappa shape index (κ3) is 2.48. The highest BCUT2D eigenvalue weighted by Crippen LogP contribution is 2.24. The minimum atomic E-state index is 0.271. The Hall–Kier alpha value is -1.20. The van der Waals surface area contributed by atoms with Gasteiger partial charge in [-0.2, -0.15) is 0 Å². The van der Waals surface area contributed by atoms with Crippen molar-refractivity contribution in [1.29, 1.82) is 0 Å². The Balaban J connectivity index is 2.01. The van der Waals surface area contributed by atoms with Crippen LogP contribution in [-0.2, 0) is 0 Å². The van der Waals surface area contributed by atoms with E-state index in [1.807, 2.05) is 11.4 Å². The van der Waals surface area contributed by atoms with E-state index in [4.69, 9.17) is 5.73 Å². The lowest BCUT2D eigenvalue weighted by atomic mass is 10.2. The van der Waals surface area contributed by atoms with Gasteiger partial charge < -0.3 is 11.1 Å². The van der Waals surface area contributed by atoms with Gasteiger partial charge in [0.15, 0.2) is 0 Å². The smallest absolute Gasteiger partial charge is 0.147 e. The number of rotatable bonds is 5. The lowest BCUT2D eigenvalue weighted by Crippen LogP contribution is -2.22. The Kier molecular flexibility index (Phi) is 3.69. The zero-order valence-corrected chi connectivity index (χ0v) is 10.1. The average Bonchev–Trinajstić information content (AvgIpc) is 2.77. The summed E-state index contributed by atoms with van der Waals surface area (Å²) in [6.45, 7) is 2.96. The maximum atomic E-state index is 5.86. The van der Waals surface area contributed by atoms with Crippen LogP contribution in [0.4, 0.5) is 5.82 Å². The molecule has 86 valence electrons. The van der Waals surface area contributed by atoms with Crippen molar-refractivity contribution in [2.45, 2.75) is 25.8 Å². The van der Waals surface area contributed by atoms with Crippen molar-refractivity contribution in [3.05, 3.63) is 17.8 Å². The lowest BCUT2D eigenvalue weighted by molar-refractivity contribution is 0.613. The summed E-state index contributed by atoms with van der Waals surface area (Å²) < 4.78 is 1.12. The summed E-state index contributed by atoms with van der Waals surface area (Å²) in [5.74, 6) is 0.920. The quantitative estimate of drug-likeness (QED) is 0.835. The number of aromatic nitrogens is 2. The Labute approximate surface area is 98.9 Å². The second-order valence-corrected chi connectivity index (χ2v) is 4.66. The Morgan fingerprint density at radius 2 is 2.38 bits per heavy atom. The zero-order chi connectivity index (χ0) is 11.4. The van der Waals surface area contributed by atoms with E-state index in [0.717, 1.165) is 35.4 Å². The van der Waals surface area contributed by atoms with E-state index in [1.165, 1.54) is 0 Å². The molecule has 1 atom stereocenters. The van der Waals surface area contributed by atoms with Crippen molar-refractivity contribution in [1.82, 2.24) is 9.97 Å². The number of anilines is 1. The number of nitrogens with zero attached hydrogens (tertiary/aromatic N) is 2. The molecule has 0 fully saturated rings. The van der Waals surface area contributed by atoms with E-state index in [0.29, 0.717) is 0 Å². The van der Waals surface area contributed by atoms with Gasteiger partial charge in [0.25, 0.3) is 0 Å². The summed E-state index contributed by atoms with van der Waals surface area (Å²) in [5, 5.41) is 5.35. The van der Waals surface area contributed by atoms with Crippen molar-refractivity contribution >= 4 is 27.4 Å². The van der Waals surface area contributed by atoms with Crippen LogP contribution in [0.3, 0.4) is 0 Å². The summed E-state index contributed by atoms with van der Waals surface area (Å²) in [6.07, 6.45) is 3.57. The molecule has 2 aromatic heterocycles. The van der Waals surface area contributed by atoms with Gasteiger partial charge in [0.2, 0.25) is 0 Å². The predicted molar refractivity (Wildman–Crippen MR) is 68.8 cm³/mol. The van der Waals surface area contributed by atoms with E-state index in [1.54, 1.807) is 17.7 Å². The first-order valence-electron chi connectivity index (χ1n) is 5.49. The van der Waals surface area contributed by atoms with Gasteiger partial charge in [-0.3, -0.25) is 0 Å². The van der Waals surface area contributed by atoms with Crippen LogP contribution in [0.2, 0.25) is 0 Å². The first kappa shape index (κ1) is 11.3. The summed E-state index contributed by atoms with van der Waals surface area (Å²) in [7, 11) is 0. The maximum Gasteiger partial charge on any atom is 0.147 e. The van der Waals surface area contributed by atoms with E-state index in [9.17, 15) is 0 Å². The molecule has 0 bridgehead atoms. The largest absolute Gasteiger partial charge is 0.369 e. The van der Waals surface area contributed by atoms with Gasteiger partial charge in [-0.05, 0) is 24.3 Å².